The second kappa shape index (κ2) is 8.13. The lowest BCUT2D eigenvalue weighted by atomic mass is 10.1. The highest BCUT2D eigenvalue weighted by Crippen LogP contribution is 2.27. The molecule has 0 spiro atoms. The summed E-state index contributed by atoms with van der Waals surface area (Å²) in [5, 5.41) is 0. The van der Waals surface area contributed by atoms with E-state index in [0.717, 1.165) is 27.0 Å². The number of nitrogens with zero attached hydrogens (tertiary/aromatic N) is 1. The number of benzene rings is 3. The maximum absolute atomic E-state index is 5.88. The van der Waals surface area contributed by atoms with E-state index in [1.807, 2.05) is 42.6 Å². The molecule has 0 aliphatic carbocycles. The summed E-state index contributed by atoms with van der Waals surface area (Å²) in [4.78, 5) is 4.61. The molecule has 0 fully saturated rings. The molecule has 0 saturated carbocycles. The molecule has 0 aliphatic heterocycles. The fraction of sp³-hybridized carbons (Fsp3) is 0.136. The topological polar surface area (TPSA) is 21.6 Å². The van der Waals surface area contributed by atoms with Crippen LogP contribution in [-0.2, 0) is 6.61 Å². The van der Waals surface area contributed by atoms with E-state index in [1.54, 1.807) is 0 Å². The van der Waals surface area contributed by atoms with Gasteiger partial charge >= 0.3 is 0 Å². The van der Waals surface area contributed by atoms with Gasteiger partial charge in [0, 0.05) is 6.21 Å². The van der Waals surface area contributed by atoms with Crippen molar-refractivity contribution < 1.29 is 4.74 Å². The maximum atomic E-state index is 5.88. The zero-order valence-electron chi connectivity index (χ0n) is 14.4. The van der Waals surface area contributed by atoms with Crippen LogP contribution in [0.4, 0.5) is 5.69 Å². The zero-order valence-corrected chi connectivity index (χ0v) is 16.0. The molecule has 0 atom stereocenters. The van der Waals surface area contributed by atoms with Crippen LogP contribution in [0.3, 0.4) is 0 Å². The highest BCUT2D eigenvalue weighted by atomic mass is 79.9. The average Bonchev–Trinajstić information content (AvgIpc) is 2.62. The van der Waals surface area contributed by atoms with Crippen LogP contribution in [0.5, 0.6) is 5.75 Å². The molecule has 0 unspecified atom stereocenters. The van der Waals surface area contributed by atoms with Gasteiger partial charge in [0.15, 0.2) is 0 Å². The van der Waals surface area contributed by atoms with E-state index < -0.39 is 0 Å². The Morgan fingerprint density at radius 2 is 1.76 bits per heavy atom. The first kappa shape index (κ1) is 17.4. The van der Waals surface area contributed by atoms with Crippen molar-refractivity contribution >= 4 is 27.8 Å². The standard InChI is InChI=1S/C22H20BrNO/c1-16-8-9-17(2)21(12-16)24-14-19-10-11-22(20(23)13-19)25-15-18-6-4-3-5-7-18/h3-14H,15H2,1-2H3. The second-order valence-electron chi connectivity index (χ2n) is 6.01. The summed E-state index contributed by atoms with van der Waals surface area (Å²) < 4.78 is 6.81. The number of aryl methyl sites for hydroxylation is 2. The van der Waals surface area contributed by atoms with Crippen molar-refractivity contribution in [2.45, 2.75) is 20.5 Å². The quantitative estimate of drug-likeness (QED) is 0.459. The first-order valence-electron chi connectivity index (χ1n) is 8.19. The molecule has 0 aliphatic rings. The van der Waals surface area contributed by atoms with Crippen LogP contribution in [0.2, 0.25) is 0 Å². The van der Waals surface area contributed by atoms with Gasteiger partial charge in [-0.25, -0.2) is 0 Å². The molecule has 0 saturated heterocycles. The lowest BCUT2D eigenvalue weighted by Gasteiger charge is -2.09. The zero-order chi connectivity index (χ0) is 17.6. The third-order valence-corrected chi connectivity index (χ3v) is 4.53. The summed E-state index contributed by atoms with van der Waals surface area (Å²) in [5.41, 5.74) is 5.56. The van der Waals surface area contributed by atoms with E-state index in [9.17, 15) is 0 Å². The van der Waals surface area contributed by atoms with Crippen molar-refractivity contribution in [3.05, 3.63) is 93.5 Å². The van der Waals surface area contributed by atoms with Crippen molar-refractivity contribution in [3.8, 4) is 5.75 Å². The van der Waals surface area contributed by atoms with Gasteiger partial charge < -0.3 is 4.74 Å². The summed E-state index contributed by atoms with van der Waals surface area (Å²) in [7, 11) is 0. The molecule has 25 heavy (non-hydrogen) atoms. The minimum Gasteiger partial charge on any atom is -0.488 e. The number of halogens is 1. The number of ether oxygens (including phenoxy) is 1. The van der Waals surface area contributed by atoms with Crippen LogP contribution in [0.1, 0.15) is 22.3 Å². The Labute approximate surface area is 157 Å². The van der Waals surface area contributed by atoms with E-state index in [4.69, 9.17) is 4.74 Å². The highest BCUT2D eigenvalue weighted by Gasteiger charge is 2.03. The van der Waals surface area contributed by atoms with Crippen LogP contribution in [-0.4, -0.2) is 6.21 Å². The maximum Gasteiger partial charge on any atom is 0.134 e. The molecule has 0 bridgehead atoms. The van der Waals surface area contributed by atoms with Crippen LogP contribution in [0.25, 0.3) is 0 Å². The van der Waals surface area contributed by atoms with Crippen LogP contribution >= 0.6 is 15.9 Å². The molecule has 3 aromatic carbocycles. The Morgan fingerprint density at radius 1 is 0.960 bits per heavy atom. The Balaban J connectivity index is 1.71. The highest BCUT2D eigenvalue weighted by molar-refractivity contribution is 9.10. The van der Waals surface area contributed by atoms with Gasteiger partial charge in [-0.3, -0.25) is 4.99 Å². The Kier molecular flexibility index (Phi) is 5.67. The van der Waals surface area contributed by atoms with Gasteiger partial charge in [0.05, 0.1) is 10.2 Å². The number of aliphatic imine (C=N–C) groups is 1. The first-order chi connectivity index (χ1) is 12.1. The monoisotopic (exact) mass is 393 g/mol. The SMILES string of the molecule is Cc1ccc(C)c(N=Cc2ccc(OCc3ccccc3)c(Br)c2)c1. The van der Waals surface area contributed by atoms with Gasteiger partial charge in [0.2, 0.25) is 0 Å². The molecule has 2 nitrogen and oxygen atoms in total. The van der Waals surface area contributed by atoms with Crippen molar-refractivity contribution in [1.29, 1.82) is 0 Å². The summed E-state index contributed by atoms with van der Waals surface area (Å²) in [6.45, 7) is 4.70. The normalized spacial score (nSPS) is 11.0. The Bertz CT molecular complexity index is 888. The molecule has 0 N–H and O–H groups in total. The predicted octanol–water partition coefficient (Wildman–Crippen LogP) is 6.40. The van der Waals surface area contributed by atoms with Gasteiger partial charge in [-0.15, -0.1) is 0 Å². The summed E-state index contributed by atoms with van der Waals surface area (Å²) in [6, 6.07) is 22.4. The first-order valence-corrected chi connectivity index (χ1v) is 8.99. The van der Waals surface area contributed by atoms with Gasteiger partial charge in [0.1, 0.15) is 12.4 Å². The molecule has 3 rings (SSSR count). The van der Waals surface area contributed by atoms with E-state index in [1.165, 1.54) is 11.1 Å². The Morgan fingerprint density at radius 3 is 2.52 bits per heavy atom. The molecule has 0 heterocycles. The third-order valence-electron chi connectivity index (χ3n) is 3.91. The van der Waals surface area contributed by atoms with E-state index in [0.29, 0.717) is 6.61 Å². The largest absolute Gasteiger partial charge is 0.488 e. The summed E-state index contributed by atoms with van der Waals surface area (Å²) in [5.74, 6) is 0.827. The van der Waals surface area contributed by atoms with Crippen LogP contribution in [0, 0.1) is 13.8 Å². The fourth-order valence-electron chi connectivity index (χ4n) is 2.45. The van der Waals surface area contributed by atoms with E-state index >= 15 is 0 Å². The van der Waals surface area contributed by atoms with E-state index in [-0.39, 0.29) is 0 Å². The lowest BCUT2D eigenvalue weighted by molar-refractivity contribution is 0.304. The third kappa shape index (κ3) is 4.80. The number of rotatable bonds is 5. The minimum absolute atomic E-state index is 0.551. The van der Waals surface area contributed by atoms with Gasteiger partial charge in [-0.2, -0.15) is 0 Å². The molecular formula is C22H20BrNO. The smallest absolute Gasteiger partial charge is 0.134 e. The molecule has 3 heteroatoms. The molecule has 0 amide bonds. The minimum atomic E-state index is 0.551. The summed E-state index contributed by atoms with van der Waals surface area (Å²) >= 11 is 3.59. The number of hydrogen-bond donors (Lipinski definition) is 0. The second-order valence-corrected chi connectivity index (χ2v) is 6.87. The van der Waals surface area contributed by atoms with Crippen molar-refractivity contribution in [3.63, 3.8) is 0 Å². The number of hydrogen-bond acceptors (Lipinski definition) is 2. The van der Waals surface area contributed by atoms with Crippen LogP contribution in [0.15, 0.2) is 76.2 Å². The van der Waals surface area contributed by atoms with Crippen molar-refractivity contribution in [1.82, 2.24) is 0 Å². The van der Waals surface area contributed by atoms with Gasteiger partial charge in [0.25, 0.3) is 0 Å². The molecule has 126 valence electrons. The average molecular weight is 394 g/mol. The van der Waals surface area contributed by atoms with Gasteiger partial charge in [-0.1, -0.05) is 42.5 Å². The van der Waals surface area contributed by atoms with Crippen molar-refractivity contribution in [2.75, 3.05) is 0 Å². The fourth-order valence-corrected chi connectivity index (χ4v) is 2.96. The molecule has 3 aromatic rings. The molecule has 0 aromatic heterocycles. The lowest BCUT2D eigenvalue weighted by Crippen LogP contribution is -1.96. The molecular weight excluding hydrogens is 374 g/mol. The van der Waals surface area contributed by atoms with Crippen LogP contribution < -0.4 is 4.74 Å². The van der Waals surface area contributed by atoms with Crippen molar-refractivity contribution in [2.24, 2.45) is 4.99 Å². The molecule has 0 radical (unpaired) electrons. The van der Waals surface area contributed by atoms with Gasteiger partial charge in [-0.05, 0) is 76.3 Å². The summed E-state index contributed by atoms with van der Waals surface area (Å²) in [6.07, 6.45) is 1.88. The van der Waals surface area contributed by atoms with E-state index in [2.05, 4.69) is 65.1 Å². The Hall–Kier alpha value is -2.39. The predicted molar refractivity (Wildman–Crippen MR) is 108 cm³/mol.